The van der Waals surface area contributed by atoms with E-state index in [2.05, 4.69) is 28.9 Å². The Morgan fingerprint density at radius 3 is 2.36 bits per heavy atom. The minimum absolute atomic E-state index is 0.0779. The van der Waals surface area contributed by atoms with Crippen LogP contribution in [0, 0.1) is 13.8 Å². The van der Waals surface area contributed by atoms with Crippen molar-refractivity contribution in [3.05, 3.63) is 59.2 Å². The van der Waals surface area contributed by atoms with Crippen molar-refractivity contribution in [3.8, 4) is 0 Å². The first kappa shape index (κ1) is 21.5. The molecule has 0 radical (unpaired) electrons. The first-order chi connectivity index (χ1) is 13.5. The van der Waals surface area contributed by atoms with Crippen LogP contribution in [-0.2, 0) is 4.79 Å². The van der Waals surface area contributed by atoms with Crippen LogP contribution in [0.15, 0.2) is 42.5 Å². The number of carbonyl (C=O) groups excluding carboxylic acids is 2. The summed E-state index contributed by atoms with van der Waals surface area (Å²) < 4.78 is 0. The Kier molecular flexibility index (Phi) is 8.53. The quantitative estimate of drug-likeness (QED) is 0.524. The van der Waals surface area contributed by atoms with Gasteiger partial charge in [-0.05, 0) is 56.2 Å². The molecule has 0 heterocycles. The van der Waals surface area contributed by atoms with Gasteiger partial charge in [-0.15, -0.1) is 0 Å². The second-order valence-corrected chi connectivity index (χ2v) is 7.11. The molecule has 2 aromatic rings. The van der Waals surface area contributed by atoms with Crippen LogP contribution in [0.4, 0.5) is 11.4 Å². The van der Waals surface area contributed by atoms with Crippen molar-refractivity contribution in [2.75, 3.05) is 23.7 Å². The molecule has 150 valence electrons. The number of aryl methyl sites for hydroxylation is 2. The molecule has 2 rings (SSSR count). The average Bonchev–Trinajstić information content (AvgIpc) is 2.67. The monoisotopic (exact) mass is 381 g/mol. The Morgan fingerprint density at radius 2 is 1.68 bits per heavy atom. The van der Waals surface area contributed by atoms with Gasteiger partial charge in [0, 0.05) is 23.5 Å². The van der Waals surface area contributed by atoms with E-state index in [1.807, 2.05) is 26.0 Å². The Bertz CT molecular complexity index is 785. The van der Waals surface area contributed by atoms with Gasteiger partial charge in [-0.2, -0.15) is 0 Å². The molecule has 0 aliphatic carbocycles. The summed E-state index contributed by atoms with van der Waals surface area (Å²) in [6.07, 6.45) is 4.52. The highest BCUT2D eigenvalue weighted by atomic mass is 16.2. The van der Waals surface area contributed by atoms with Crippen molar-refractivity contribution in [1.29, 1.82) is 0 Å². The van der Waals surface area contributed by atoms with E-state index in [0.717, 1.165) is 24.1 Å². The largest absolute Gasteiger partial charge is 0.376 e. The molecular weight excluding hydrogens is 350 g/mol. The minimum Gasteiger partial charge on any atom is -0.376 e. The van der Waals surface area contributed by atoms with Crippen LogP contribution in [0.2, 0.25) is 0 Å². The van der Waals surface area contributed by atoms with Gasteiger partial charge in [0.1, 0.15) is 0 Å². The lowest BCUT2D eigenvalue weighted by Gasteiger charge is -2.11. The second kappa shape index (κ2) is 11.1. The normalized spacial score (nSPS) is 10.4. The fraction of sp³-hybridized carbons (Fsp3) is 0.391. The number of benzene rings is 2. The van der Waals surface area contributed by atoms with Gasteiger partial charge in [-0.25, -0.2) is 0 Å². The van der Waals surface area contributed by atoms with Crippen molar-refractivity contribution in [2.24, 2.45) is 0 Å². The fourth-order valence-electron chi connectivity index (χ4n) is 2.95. The highest BCUT2D eigenvalue weighted by molar-refractivity contribution is 5.96. The number of unbranched alkanes of at least 4 members (excludes halogenated alkanes) is 3. The summed E-state index contributed by atoms with van der Waals surface area (Å²) in [6, 6.07) is 13.0. The van der Waals surface area contributed by atoms with Crippen LogP contribution in [0.25, 0.3) is 0 Å². The van der Waals surface area contributed by atoms with E-state index in [1.165, 1.54) is 18.4 Å². The lowest BCUT2D eigenvalue weighted by Crippen LogP contribution is -2.24. The maximum Gasteiger partial charge on any atom is 0.251 e. The Hall–Kier alpha value is -2.82. The minimum atomic E-state index is -0.131. The summed E-state index contributed by atoms with van der Waals surface area (Å²) in [4.78, 5) is 24.3. The number of nitrogens with one attached hydrogen (secondary N) is 3. The van der Waals surface area contributed by atoms with Gasteiger partial charge in [0.05, 0.1) is 6.54 Å². The first-order valence-corrected chi connectivity index (χ1v) is 9.99. The van der Waals surface area contributed by atoms with Crippen LogP contribution in [-0.4, -0.2) is 24.9 Å². The van der Waals surface area contributed by atoms with E-state index < -0.39 is 0 Å². The standard InChI is InChI=1S/C23H31N3O2/c1-4-5-6-7-14-24-23(28)19-9-11-20(12-10-19)26-22(27)16-25-21-13-8-17(2)15-18(21)3/h8-13,15,25H,4-7,14,16H2,1-3H3,(H,24,28)(H,26,27). The Balaban J connectivity index is 1.78. The van der Waals surface area contributed by atoms with E-state index >= 15 is 0 Å². The number of anilines is 2. The maximum atomic E-state index is 12.2. The van der Waals surface area contributed by atoms with E-state index in [-0.39, 0.29) is 18.4 Å². The molecule has 2 aromatic carbocycles. The highest BCUT2D eigenvalue weighted by Crippen LogP contribution is 2.16. The maximum absolute atomic E-state index is 12.2. The molecule has 0 atom stereocenters. The molecule has 0 aliphatic rings. The van der Waals surface area contributed by atoms with Gasteiger partial charge < -0.3 is 16.0 Å². The summed E-state index contributed by atoms with van der Waals surface area (Å²) in [7, 11) is 0. The Labute approximate surface area is 167 Å². The van der Waals surface area contributed by atoms with Gasteiger partial charge in [-0.1, -0.05) is 43.9 Å². The van der Waals surface area contributed by atoms with Gasteiger partial charge in [0.25, 0.3) is 5.91 Å². The van der Waals surface area contributed by atoms with Crippen molar-refractivity contribution in [2.45, 2.75) is 46.5 Å². The van der Waals surface area contributed by atoms with Crippen LogP contribution < -0.4 is 16.0 Å². The smallest absolute Gasteiger partial charge is 0.251 e. The third-order valence-corrected chi connectivity index (χ3v) is 4.57. The summed E-state index contributed by atoms with van der Waals surface area (Å²) in [6.45, 7) is 7.10. The second-order valence-electron chi connectivity index (χ2n) is 7.11. The third kappa shape index (κ3) is 7.06. The van der Waals surface area contributed by atoms with Gasteiger partial charge >= 0.3 is 0 Å². The van der Waals surface area contributed by atoms with Crippen LogP contribution in [0.1, 0.15) is 54.1 Å². The van der Waals surface area contributed by atoms with E-state index in [4.69, 9.17) is 0 Å². The zero-order valence-corrected chi connectivity index (χ0v) is 17.1. The molecule has 0 saturated carbocycles. The summed E-state index contributed by atoms with van der Waals surface area (Å²) in [5.41, 5.74) is 4.52. The Morgan fingerprint density at radius 1 is 0.929 bits per heavy atom. The van der Waals surface area contributed by atoms with Crippen molar-refractivity contribution in [1.82, 2.24) is 5.32 Å². The zero-order valence-electron chi connectivity index (χ0n) is 17.1. The predicted octanol–water partition coefficient (Wildman–Crippen LogP) is 4.66. The summed E-state index contributed by atoms with van der Waals surface area (Å²) >= 11 is 0. The molecule has 5 nitrogen and oxygen atoms in total. The van der Waals surface area contributed by atoms with Crippen molar-refractivity contribution < 1.29 is 9.59 Å². The number of rotatable bonds is 10. The molecule has 0 aliphatic heterocycles. The molecule has 5 heteroatoms. The van der Waals surface area contributed by atoms with Crippen LogP contribution in [0.5, 0.6) is 0 Å². The van der Waals surface area contributed by atoms with Gasteiger partial charge in [0.15, 0.2) is 0 Å². The van der Waals surface area contributed by atoms with Crippen molar-refractivity contribution >= 4 is 23.2 Å². The fourth-order valence-corrected chi connectivity index (χ4v) is 2.95. The number of amides is 2. The topological polar surface area (TPSA) is 70.2 Å². The number of hydrogen-bond donors (Lipinski definition) is 3. The molecule has 0 spiro atoms. The molecule has 3 N–H and O–H groups in total. The van der Waals surface area contributed by atoms with E-state index in [0.29, 0.717) is 17.8 Å². The molecular formula is C23H31N3O2. The van der Waals surface area contributed by atoms with E-state index in [1.54, 1.807) is 24.3 Å². The average molecular weight is 382 g/mol. The molecule has 0 aromatic heterocycles. The SMILES string of the molecule is CCCCCCNC(=O)c1ccc(NC(=O)CNc2ccc(C)cc2C)cc1. The molecule has 0 saturated heterocycles. The summed E-state index contributed by atoms with van der Waals surface area (Å²) in [5.74, 6) is -0.209. The number of carbonyl (C=O) groups is 2. The molecule has 0 unspecified atom stereocenters. The lowest BCUT2D eigenvalue weighted by molar-refractivity contribution is -0.114. The predicted molar refractivity (Wildman–Crippen MR) is 116 cm³/mol. The lowest BCUT2D eigenvalue weighted by atomic mass is 10.1. The number of hydrogen-bond acceptors (Lipinski definition) is 3. The third-order valence-electron chi connectivity index (χ3n) is 4.57. The van der Waals surface area contributed by atoms with E-state index in [9.17, 15) is 9.59 Å². The summed E-state index contributed by atoms with van der Waals surface area (Å²) in [5, 5.41) is 8.92. The highest BCUT2D eigenvalue weighted by Gasteiger charge is 2.07. The molecule has 0 bridgehead atoms. The van der Waals surface area contributed by atoms with Gasteiger partial charge in [-0.3, -0.25) is 9.59 Å². The first-order valence-electron chi connectivity index (χ1n) is 9.99. The molecule has 28 heavy (non-hydrogen) atoms. The van der Waals surface area contributed by atoms with Crippen LogP contribution in [0.3, 0.4) is 0 Å². The zero-order chi connectivity index (χ0) is 20.4. The van der Waals surface area contributed by atoms with Crippen molar-refractivity contribution in [3.63, 3.8) is 0 Å². The molecule has 0 fully saturated rings. The molecule has 2 amide bonds. The van der Waals surface area contributed by atoms with Crippen LogP contribution >= 0.6 is 0 Å². The van der Waals surface area contributed by atoms with Gasteiger partial charge in [0.2, 0.25) is 5.91 Å².